The molecule has 2 rings (SSSR count). The van der Waals surface area contributed by atoms with E-state index in [0.717, 1.165) is 13.1 Å². The molecule has 1 fully saturated rings. The van der Waals surface area contributed by atoms with Crippen LogP contribution in [0.15, 0.2) is 12.1 Å². The topological polar surface area (TPSA) is 15.3 Å². The number of nitrogens with zero attached hydrogens (tertiary/aromatic N) is 1. The van der Waals surface area contributed by atoms with Crippen molar-refractivity contribution in [1.29, 1.82) is 0 Å². The predicted molar refractivity (Wildman–Crippen MR) is 75.4 cm³/mol. The van der Waals surface area contributed by atoms with Gasteiger partial charge in [0.25, 0.3) is 0 Å². The highest BCUT2D eigenvalue weighted by Gasteiger charge is 2.25. The van der Waals surface area contributed by atoms with Gasteiger partial charge in [0.15, 0.2) is 0 Å². The fourth-order valence-corrected chi connectivity index (χ4v) is 3.39. The first kappa shape index (κ1) is 13.1. The molecule has 1 saturated heterocycles. The molecule has 2 nitrogen and oxygen atoms in total. The second-order valence-corrected chi connectivity index (χ2v) is 7.09. The van der Waals surface area contributed by atoms with Gasteiger partial charge in [0, 0.05) is 22.8 Å². The van der Waals surface area contributed by atoms with E-state index in [0.29, 0.717) is 5.41 Å². The average Bonchev–Trinajstić information content (AvgIpc) is 2.70. The highest BCUT2D eigenvalue weighted by molar-refractivity contribution is 7.11. The van der Waals surface area contributed by atoms with E-state index in [9.17, 15) is 0 Å². The lowest BCUT2D eigenvalue weighted by atomic mass is 9.83. The summed E-state index contributed by atoms with van der Waals surface area (Å²) in [7, 11) is 2.01. The Balaban J connectivity index is 1.84. The summed E-state index contributed by atoms with van der Waals surface area (Å²) >= 11 is 1.95. The minimum atomic E-state index is 0.559. The maximum Gasteiger partial charge on any atom is 0.0328 e. The van der Waals surface area contributed by atoms with E-state index in [2.05, 4.69) is 36.2 Å². The SMILES string of the molecule is CNCc1ccc(CN2CCC(C)(C)CC2)s1. The summed E-state index contributed by atoms with van der Waals surface area (Å²) in [6, 6.07) is 4.54. The lowest BCUT2D eigenvalue weighted by molar-refractivity contribution is 0.128. The number of piperidine rings is 1. The molecule has 0 atom stereocenters. The first-order valence-electron chi connectivity index (χ1n) is 6.54. The van der Waals surface area contributed by atoms with E-state index in [1.54, 1.807) is 0 Å². The second-order valence-electron chi connectivity index (χ2n) is 5.84. The first-order chi connectivity index (χ1) is 8.09. The zero-order chi connectivity index (χ0) is 12.3. The van der Waals surface area contributed by atoms with Gasteiger partial charge in [-0.1, -0.05) is 13.8 Å². The molecule has 2 heterocycles. The molecule has 0 aliphatic carbocycles. The van der Waals surface area contributed by atoms with Crippen molar-refractivity contribution >= 4 is 11.3 Å². The van der Waals surface area contributed by atoms with Crippen LogP contribution in [0.25, 0.3) is 0 Å². The summed E-state index contributed by atoms with van der Waals surface area (Å²) in [6.45, 7) is 9.43. The Morgan fingerprint density at radius 3 is 2.53 bits per heavy atom. The molecule has 0 unspecified atom stereocenters. The quantitative estimate of drug-likeness (QED) is 0.886. The first-order valence-corrected chi connectivity index (χ1v) is 7.35. The standard InChI is InChI=1S/C14H24N2S/c1-14(2)6-8-16(9-7-14)11-13-5-4-12(17-13)10-15-3/h4-5,15H,6-11H2,1-3H3. The third-order valence-electron chi connectivity index (χ3n) is 3.66. The Bertz CT molecular complexity index is 347. The lowest BCUT2D eigenvalue weighted by Crippen LogP contribution is -2.36. The number of rotatable bonds is 4. The zero-order valence-electron chi connectivity index (χ0n) is 11.3. The van der Waals surface area contributed by atoms with Gasteiger partial charge in [0.1, 0.15) is 0 Å². The summed E-state index contributed by atoms with van der Waals surface area (Å²) in [6.07, 6.45) is 2.67. The summed E-state index contributed by atoms with van der Waals surface area (Å²) in [4.78, 5) is 5.55. The monoisotopic (exact) mass is 252 g/mol. The van der Waals surface area contributed by atoms with Gasteiger partial charge < -0.3 is 5.32 Å². The zero-order valence-corrected chi connectivity index (χ0v) is 12.1. The fraction of sp³-hybridized carbons (Fsp3) is 0.714. The van der Waals surface area contributed by atoms with Gasteiger partial charge in [0.05, 0.1) is 0 Å². The number of nitrogens with one attached hydrogen (secondary N) is 1. The Kier molecular flexibility index (Phi) is 4.23. The van der Waals surface area contributed by atoms with Crippen LogP contribution in [0.3, 0.4) is 0 Å². The largest absolute Gasteiger partial charge is 0.315 e. The van der Waals surface area contributed by atoms with Crippen LogP contribution in [0.1, 0.15) is 36.4 Å². The molecule has 0 spiro atoms. The van der Waals surface area contributed by atoms with Crippen LogP contribution >= 0.6 is 11.3 Å². The molecule has 1 N–H and O–H groups in total. The molecular formula is C14H24N2S. The molecule has 96 valence electrons. The lowest BCUT2D eigenvalue weighted by Gasteiger charge is -2.36. The van der Waals surface area contributed by atoms with Crippen molar-refractivity contribution in [1.82, 2.24) is 10.2 Å². The summed E-state index contributed by atoms with van der Waals surface area (Å²) in [5, 5.41) is 3.21. The molecule has 17 heavy (non-hydrogen) atoms. The molecule has 0 saturated carbocycles. The fourth-order valence-electron chi connectivity index (χ4n) is 2.31. The Hall–Kier alpha value is -0.380. The van der Waals surface area contributed by atoms with Crippen molar-refractivity contribution in [2.75, 3.05) is 20.1 Å². The predicted octanol–water partition coefficient (Wildman–Crippen LogP) is 3.09. The van der Waals surface area contributed by atoms with Gasteiger partial charge in [-0.2, -0.15) is 0 Å². The van der Waals surface area contributed by atoms with Crippen molar-refractivity contribution in [2.24, 2.45) is 5.41 Å². The molecular weight excluding hydrogens is 228 g/mol. The third-order valence-corrected chi connectivity index (χ3v) is 4.73. The molecule has 1 aromatic rings. The minimum Gasteiger partial charge on any atom is -0.315 e. The Labute approximate surface area is 109 Å². The van der Waals surface area contributed by atoms with E-state index >= 15 is 0 Å². The molecule has 1 aliphatic heterocycles. The van der Waals surface area contributed by atoms with E-state index in [-0.39, 0.29) is 0 Å². The Morgan fingerprint density at radius 2 is 1.88 bits per heavy atom. The van der Waals surface area contributed by atoms with Gasteiger partial charge in [0.2, 0.25) is 0 Å². The average molecular weight is 252 g/mol. The third kappa shape index (κ3) is 3.80. The molecule has 0 amide bonds. The van der Waals surface area contributed by atoms with Crippen molar-refractivity contribution in [3.05, 3.63) is 21.9 Å². The van der Waals surface area contributed by atoms with E-state index < -0.39 is 0 Å². The van der Waals surface area contributed by atoms with Crippen LogP contribution in [0.4, 0.5) is 0 Å². The van der Waals surface area contributed by atoms with Crippen LogP contribution in [0.5, 0.6) is 0 Å². The molecule has 3 heteroatoms. The minimum absolute atomic E-state index is 0.559. The van der Waals surface area contributed by atoms with E-state index in [1.807, 2.05) is 18.4 Å². The van der Waals surface area contributed by atoms with Crippen LogP contribution in [-0.4, -0.2) is 25.0 Å². The number of likely N-dealkylation sites (tertiary alicyclic amines) is 1. The van der Waals surface area contributed by atoms with Crippen molar-refractivity contribution < 1.29 is 0 Å². The number of thiophene rings is 1. The molecule has 0 bridgehead atoms. The van der Waals surface area contributed by atoms with Crippen LogP contribution in [0.2, 0.25) is 0 Å². The smallest absolute Gasteiger partial charge is 0.0328 e. The van der Waals surface area contributed by atoms with Crippen LogP contribution < -0.4 is 5.32 Å². The summed E-state index contributed by atoms with van der Waals surface area (Å²) in [5.41, 5.74) is 0.559. The summed E-state index contributed by atoms with van der Waals surface area (Å²) in [5.74, 6) is 0. The van der Waals surface area contributed by atoms with E-state index in [4.69, 9.17) is 0 Å². The Morgan fingerprint density at radius 1 is 1.24 bits per heavy atom. The molecule has 1 aliphatic rings. The van der Waals surface area contributed by atoms with Crippen LogP contribution in [0, 0.1) is 5.41 Å². The highest BCUT2D eigenvalue weighted by atomic mass is 32.1. The van der Waals surface area contributed by atoms with Gasteiger partial charge in [-0.15, -0.1) is 11.3 Å². The van der Waals surface area contributed by atoms with Crippen molar-refractivity contribution in [3.63, 3.8) is 0 Å². The summed E-state index contributed by atoms with van der Waals surface area (Å²) < 4.78 is 0. The number of hydrogen-bond acceptors (Lipinski definition) is 3. The molecule has 0 aromatic carbocycles. The van der Waals surface area contributed by atoms with Gasteiger partial charge >= 0.3 is 0 Å². The van der Waals surface area contributed by atoms with Gasteiger partial charge in [-0.25, -0.2) is 0 Å². The number of hydrogen-bond donors (Lipinski definition) is 1. The van der Waals surface area contributed by atoms with Gasteiger partial charge in [-0.05, 0) is 50.5 Å². The maximum atomic E-state index is 3.21. The maximum absolute atomic E-state index is 3.21. The van der Waals surface area contributed by atoms with E-state index in [1.165, 1.54) is 35.7 Å². The highest BCUT2D eigenvalue weighted by Crippen LogP contribution is 2.30. The second kappa shape index (κ2) is 5.51. The van der Waals surface area contributed by atoms with Crippen molar-refractivity contribution in [3.8, 4) is 0 Å². The van der Waals surface area contributed by atoms with Crippen molar-refractivity contribution in [2.45, 2.75) is 39.8 Å². The van der Waals surface area contributed by atoms with Crippen LogP contribution in [-0.2, 0) is 13.1 Å². The molecule has 0 radical (unpaired) electrons. The molecule has 1 aromatic heterocycles. The normalized spacial score (nSPS) is 20.6. The van der Waals surface area contributed by atoms with Gasteiger partial charge in [-0.3, -0.25) is 4.90 Å².